The lowest BCUT2D eigenvalue weighted by Gasteiger charge is -2.10. The van der Waals surface area contributed by atoms with Gasteiger partial charge >= 0.3 is 0 Å². The minimum Gasteiger partial charge on any atom is -0.395 e. The normalized spacial score (nSPS) is 16.4. The molecule has 9 heteroatoms. The van der Waals surface area contributed by atoms with Gasteiger partial charge < -0.3 is 21.1 Å². The first kappa shape index (κ1) is 18.6. The molecule has 26 heavy (non-hydrogen) atoms. The van der Waals surface area contributed by atoms with Crippen molar-refractivity contribution in [3.05, 3.63) is 45.4 Å². The number of amides is 2. The molecule has 1 unspecified atom stereocenters. The molecule has 1 saturated heterocycles. The molecule has 0 aliphatic carbocycles. The van der Waals surface area contributed by atoms with Crippen molar-refractivity contribution in [2.24, 2.45) is 0 Å². The first-order chi connectivity index (χ1) is 12.6. The van der Waals surface area contributed by atoms with Crippen LogP contribution >= 0.6 is 23.1 Å². The van der Waals surface area contributed by atoms with Crippen molar-refractivity contribution in [1.82, 2.24) is 15.0 Å². The first-order valence-corrected chi connectivity index (χ1v) is 9.38. The number of nitrogen functional groups attached to an aromatic ring is 1. The maximum atomic E-state index is 12.3. The molecule has 2 heterocycles. The minimum atomic E-state index is -0.447. The van der Waals surface area contributed by atoms with Crippen LogP contribution in [0.2, 0.25) is 5.02 Å². The number of aromatic nitrogens is 1. The summed E-state index contributed by atoms with van der Waals surface area (Å²) in [6.07, 6.45) is 1.96. The summed E-state index contributed by atoms with van der Waals surface area (Å²) in [6.45, 7) is 1.39. The molecule has 1 fully saturated rings. The largest absolute Gasteiger partial charge is 0.395 e. The molecular weight excluding hydrogens is 376 g/mol. The van der Waals surface area contributed by atoms with Crippen LogP contribution in [0.25, 0.3) is 0 Å². The topological polar surface area (TPSA) is 106 Å². The van der Waals surface area contributed by atoms with Crippen molar-refractivity contribution in [2.75, 3.05) is 18.9 Å². The van der Waals surface area contributed by atoms with E-state index in [0.29, 0.717) is 11.6 Å². The summed E-state index contributed by atoms with van der Waals surface area (Å²) in [5.74, 6) is -0.794. The summed E-state index contributed by atoms with van der Waals surface area (Å²) in [6, 6.07) is 7.21. The van der Waals surface area contributed by atoms with Gasteiger partial charge in [-0.3, -0.25) is 9.59 Å². The van der Waals surface area contributed by atoms with Crippen LogP contribution in [0.3, 0.4) is 0 Å². The highest BCUT2D eigenvalue weighted by molar-refractivity contribution is 7.09. The Bertz CT molecular complexity index is 805. The van der Waals surface area contributed by atoms with Crippen LogP contribution in [0.1, 0.15) is 38.6 Å². The molecule has 1 aromatic heterocycles. The lowest BCUT2D eigenvalue weighted by Crippen LogP contribution is -2.31. The van der Waals surface area contributed by atoms with Crippen molar-refractivity contribution in [1.29, 1.82) is 0 Å². The van der Waals surface area contributed by atoms with Crippen LogP contribution in [-0.4, -0.2) is 35.4 Å². The molecule has 138 valence electrons. The number of halogens is 1. The molecule has 7 nitrogen and oxygen atoms in total. The Labute approximate surface area is 160 Å². The van der Waals surface area contributed by atoms with E-state index >= 15 is 0 Å². The van der Waals surface area contributed by atoms with Gasteiger partial charge in [-0.25, -0.2) is 0 Å². The molecule has 3 rings (SSSR count). The number of hydrogen-bond donors (Lipinski definition) is 3. The first-order valence-electron chi connectivity index (χ1n) is 8.23. The van der Waals surface area contributed by atoms with Crippen LogP contribution in [0.15, 0.2) is 24.3 Å². The minimum absolute atomic E-state index is 0.0338. The quantitative estimate of drug-likeness (QED) is 0.696. The standard InChI is InChI=1S/C17H19ClN4O3S/c18-12-6-2-1-4-10(12)8-20-16(23)14-13(19)15(26-22-14)17(24)21-9-11-5-3-7-25-11/h1-2,4,6,11H,3,5,7-9,19H2,(H,20,23)(H,21,24). The van der Waals surface area contributed by atoms with E-state index in [4.69, 9.17) is 22.1 Å². The number of hydrogen-bond acceptors (Lipinski definition) is 6. The van der Waals surface area contributed by atoms with Crippen molar-refractivity contribution in [2.45, 2.75) is 25.5 Å². The Morgan fingerprint density at radius 2 is 2.12 bits per heavy atom. The van der Waals surface area contributed by atoms with Crippen LogP contribution in [0, 0.1) is 0 Å². The zero-order valence-electron chi connectivity index (χ0n) is 14.0. The molecule has 1 atom stereocenters. The van der Waals surface area contributed by atoms with E-state index in [9.17, 15) is 9.59 Å². The molecule has 1 aliphatic heterocycles. The average molecular weight is 395 g/mol. The fourth-order valence-electron chi connectivity index (χ4n) is 2.62. The Hall–Kier alpha value is -2.16. The van der Waals surface area contributed by atoms with Gasteiger partial charge in [-0.1, -0.05) is 29.8 Å². The number of nitrogens with two attached hydrogens (primary N) is 1. The number of benzene rings is 1. The Morgan fingerprint density at radius 1 is 1.31 bits per heavy atom. The van der Waals surface area contributed by atoms with Gasteiger partial charge in [-0.15, -0.1) is 0 Å². The SMILES string of the molecule is Nc1c(C(=O)NCc2ccccc2Cl)nsc1C(=O)NCC1CCCO1. The van der Waals surface area contributed by atoms with Gasteiger partial charge in [0.2, 0.25) is 0 Å². The Morgan fingerprint density at radius 3 is 2.85 bits per heavy atom. The third-order valence-corrected chi connectivity index (χ3v) is 5.29. The molecule has 2 amide bonds. The van der Waals surface area contributed by atoms with E-state index in [0.717, 1.165) is 36.5 Å². The molecule has 2 aromatic rings. The van der Waals surface area contributed by atoms with E-state index in [1.165, 1.54) is 0 Å². The highest BCUT2D eigenvalue weighted by Gasteiger charge is 2.23. The van der Waals surface area contributed by atoms with Gasteiger partial charge in [-0.05, 0) is 36.0 Å². The molecule has 0 bridgehead atoms. The lowest BCUT2D eigenvalue weighted by molar-refractivity contribution is 0.0861. The second-order valence-corrected chi connectivity index (χ2v) is 7.07. The number of carbonyl (C=O) groups is 2. The van der Waals surface area contributed by atoms with Crippen LogP contribution in [0.5, 0.6) is 0 Å². The number of rotatable bonds is 6. The van der Waals surface area contributed by atoms with E-state index in [-0.39, 0.29) is 34.8 Å². The molecule has 1 aromatic carbocycles. The van der Waals surface area contributed by atoms with Gasteiger partial charge in [0.1, 0.15) is 4.88 Å². The van der Waals surface area contributed by atoms with Crippen molar-refractivity contribution < 1.29 is 14.3 Å². The van der Waals surface area contributed by atoms with Gasteiger partial charge in [0.15, 0.2) is 5.69 Å². The summed E-state index contributed by atoms with van der Waals surface area (Å²) in [7, 11) is 0. The maximum absolute atomic E-state index is 12.3. The summed E-state index contributed by atoms with van der Waals surface area (Å²) >= 11 is 6.97. The molecule has 1 aliphatic rings. The second-order valence-electron chi connectivity index (χ2n) is 5.89. The van der Waals surface area contributed by atoms with E-state index in [1.807, 2.05) is 18.2 Å². The average Bonchev–Trinajstić information content (AvgIpc) is 3.28. The van der Waals surface area contributed by atoms with Gasteiger partial charge in [0.25, 0.3) is 11.8 Å². The number of anilines is 1. The molecule has 0 radical (unpaired) electrons. The number of carbonyl (C=O) groups excluding carboxylic acids is 2. The zero-order chi connectivity index (χ0) is 18.5. The maximum Gasteiger partial charge on any atom is 0.273 e. The smallest absolute Gasteiger partial charge is 0.273 e. The third-order valence-electron chi connectivity index (χ3n) is 4.06. The van der Waals surface area contributed by atoms with Crippen LogP contribution in [0.4, 0.5) is 5.69 Å². The Balaban J connectivity index is 1.59. The lowest BCUT2D eigenvalue weighted by atomic mass is 10.2. The monoisotopic (exact) mass is 394 g/mol. The number of nitrogens with one attached hydrogen (secondary N) is 2. The highest BCUT2D eigenvalue weighted by atomic mass is 35.5. The van der Waals surface area contributed by atoms with Crippen LogP contribution < -0.4 is 16.4 Å². The molecule has 4 N–H and O–H groups in total. The zero-order valence-corrected chi connectivity index (χ0v) is 15.5. The van der Waals surface area contributed by atoms with Gasteiger partial charge in [-0.2, -0.15) is 4.37 Å². The molecular formula is C17H19ClN4O3S. The van der Waals surface area contributed by atoms with Gasteiger partial charge in [0, 0.05) is 24.7 Å². The highest BCUT2D eigenvalue weighted by Crippen LogP contribution is 2.22. The third kappa shape index (κ3) is 4.32. The summed E-state index contributed by atoms with van der Waals surface area (Å²) < 4.78 is 9.49. The summed E-state index contributed by atoms with van der Waals surface area (Å²) in [5.41, 5.74) is 6.87. The van der Waals surface area contributed by atoms with E-state index in [2.05, 4.69) is 15.0 Å². The van der Waals surface area contributed by atoms with Crippen LogP contribution in [-0.2, 0) is 11.3 Å². The number of nitrogens with zero attached hydrogens (tertiary/aromatic N) is 1. The van der Waals surface area contributed by atoms with E-state index in [1.54, 1.807) is 6.07 Å². The molecule has 0 spiro atoms. The predicted octanol–water partition coefficient (Wildman–Crippen LogP) is 2.22. The fourth-order valence-corrected chi connectivity index (χ4v) is 3.53. The number of ether oxygens (including phenoxy) is 1. The second kappa shape index (κ2) is 8.48. The fraction of sp³-hybridized carbons (Fsp3) is 0.353. The van der Waals surface area contributed by atoms with Crippen molar-refractivity contribution in [3.8, 4) is 0 Å². The summed E-state index contributed by atoms with van der Waals surface area (Å²) in [4.78, 5) is 24.8. The molecule has 0 saturated carbocycles. The van der Waals surface area contributed by atoms with Gasteiger partial charge in [0.05, 0.1) is 11.8 Å². The van der Waals surface area contributed by atoms with E-state index < -0.39 is 5.91 Å². The summed E-state index contributed by atoms with van der Waals surface area (Å²) in [5, 5.41) is 6.05. The van der Waals surface area contributed by atoms with Crippen molar-refractivity contribution >= 4 is 40.6 Å². The Kier molecular flexibility index (Phi) is 6.08. The van der Waals surface area contributed by atoms with Crippen molar-refractivity contribution in [3.63, 3.8) is 0 Å². The predicted molar refractivity (Wildman–Crippen MR) is 100 cm³/mol.